The molecule has 118 valence electrons. The predicted octanol–water partition coefficient (Wildman–Crippen LogP) is 3.27. The number of hydrogen-bond acceptors (Lipinski definition) is 5. The molecule has 0 fully saturated rings. The Labute approximate surface area is 136 Å². The van der Waals surface area contributed by atoms with Gasteiger partial charge in [0.25, 0.3) is 0 Å². The van der Waals surface area contributed by atoms with Crippen molar-refractivity contribution in [1.29, 1.82) is 0 Å². The molecular weight excluding hydrogens is 317 g/mol. The Morgan fingerprint density at radius 2 is 2.09 bits per heavy atom. The lowest BCUT2D eigenvalue weighted by atomic mass is 10.2. The number of rotatable bonds is 6. The molecule has 0 aliphatic heterocycles. The summed E-state index contributed by atoms with van der Waals surface area (Å²) in [5.74, 6) is 0.265. The first kappa shape index (κ1) is 15.2. The Hall–Kier alpha value is -2.67. The van der Waals surface area contributed by atoms with E-state index in [1.54, 1.807) is 30.5 Å². The molecule has 0 spiro atoms. The van der Waals surface area contributed by atoms with Gasteiger partial charge in [0.1, 0.15) is 11.6 Å². The third-order valence-corrected chi connectivity index (χ3v) is 3.88. The highest BCUT2D eigenvalue weighted by atomic mass is 32.1. The smallest absolute Gasteiger partial charge is 0.239 e. The van der Waals surface area contributed by atoms with E-state index in [4.69, 9.17) is 4.42 Å². The molecule has 0 aliphatic rings. The molecule has 2 aromatic heterocycles. The summed E-state index contributed by atoms with van der Waals surface area (Å²) >= 11 is 1.39. The average Bonchev–Trinajstić information content (AvgIpc) is 3.23. The number of nitrogens with one attached hydrogen (secondary N) is 2. The molecule has 0 radical (unpaired) electrons. The fourth-order valence-electron chi connectivity index (χ4n) is 1.93. The zero-order chi connectivity index (χ0) is 16.1. The molecular formula is C16H14FN3O2S. The number of thiazole rings is 1. The van der Waals surface area contributed by atoms with E-state index in [9.17, 15) is 9.18 Å². The van der Waals surface area contributed by atoms with Crippen molar-refractivity contribution < 1.29 is 13.6 Å². The molecule has 0 bridgehead atoms. The summed E-state index contributed by atoms with van der Waals surface area (Å²) < 4.78 is 18.0. The fourth-order valence-corrected chi connectivity index (χ4v) is 2.64. The molecule has 0 saturated carbocycles. The van der Waals surface area contributed by atoms with Crippen LogP contribution in [0, 0.1) is 5.82 Å². The number of anilines is 1. The van der Waals surface area contributed by atoms with Crippen LogP contribution >= 0.6 is 11.3 Å². The van der Waals surface area contributed by atoms with Gasteiger partial charge in [-0.15, -0.1) is 11.3 Å². The molecule has 2 heterocycles. The van der Waals surface area contributed by atoms with E-state index in [1.807, 2.05) is 5.38 Å². The monoisotopic (exact) mass is 331 g/mol. The lowest BCUT2D eigenvalue weighted by Gasteiger charge is -2.04. The first-order valence-electron chi connectivity index (χ1n) is 6.95. The average molecular weight is 331 g/mol. The van der Waals surface area contributed by atoms with Gasteiger partial charge in [-0.1, -0.05) is 0 Å². The van der Waals surface area contributed by atoms with Gasteiger partial charge < -0.3 is 15.1 Å². The third kappa shape index (κ3) is 4.17. The Bertz CT molecular complexity index is 769. The van der Waals surface area contributed by atoms with Crippen LogP contribution in [0.4, 0.5) is 9.52 Å². The van der Waals surface area contributed by atoms with Crippen molar-refractivity contribution >= 4 is 22.4 Å². The van der Waals surface area contributed by atoms with Crippen LogP contribution in [-0.4, -0.2) is 17.4 Å². The van der Waals surface area contributed by atoms with Crippen molar-refractivity contribution in [3.63, 3.8) is 0 Å². The normalized spacial score (nSPS) is 10.5. The van der Waals surface area contributed by atoms with Crippen molar-refractivity contribution in [3.05, 3.63) is 59.6 Å². The Morgan fingerprint density at radius 1 is 1.26 bits per heavy atom. The van der Waals surface area contributed by atoms with E-state index in [1.165, 1.54) is 23.5 Å². The van der Waals surface area contributed by atoms with Crippen LogP contribution in [0.25, 0.3) is 11.3 Å². The van der Waals surface area contributed by atoms with Gasteiger partial charge in [0, 0.05) is 10.9 Å². The minimum Gasteiger partial charge on any atom is -0.467 e. The summed E-state index contributed by atoms with van der Waals surface area (Å²) in [6.07, 6.45) is 1.56. The molecule has 0 atom stereocenters. The minimum atomic E-state index is -0.282. The highest BCUT2D eigenvalue weighted by Gasteiger charge is 2.07. The zero-order valence-corrected chi connectivity index (χ0v) is 12.9. The zero-order valence-electron chi connectivity index (χ0n) is 12.1. The van der Waals surface area contributed by atoms with Crippen molar-refractivity contribution in [2.24, 2.45) is 0 Å². The molecule has 3 rings (SSSR count). The van der Waals surface area contributed by atoms with Crippen LogP contribution < -0.4 is 10.6 Å². The second kappa shape index (κ2) is 7.06. The summed E-state index contributed by atoms with van der Waals surface area (Å²) in [7, 11) is 0. The molecule has 23 heavy (non-hydrogen) atoms. The van der Waals surface area contributed by atoms with Gasteiger partial charge in [0.15, 0.2) is 5.13 Å². The summed E-state index contributed by atoms with van der Waals surface area (Å²) in [5.41, 5.74) is 1.58. The Balaban J connectivity index is 1.50. The van der Waals surface area contributed by atoms with Gasteiger partial charge in [0.2, 0.25) is 5.91 Å². The molecule has 1 amide bonds. The Kier molecular flexibility index (Phi) is 4.68. The van der Waals surface area contributed by atoms with Gasteiger partial charge >= 0.3 is 0 Å². The third-order valence-electron chi connectivity index (χ3n) is 3.08. The number of furan rings is 1. The number of hydrogen-bond donors (Lipinski definition) is 2. The van der Waals surface area contributed by atoms with E-state index in [2.05, 4.69) is 15.6 Å². The van der Waals surface area contributed by atoms with E-state index >= 15 is 0 Å². The van der Waals surface area contributed by atoms with Crippen LogP contribution in [-0.2, 0) is 11.3 Å². The molecule has 0 saturated heterocycles. The lowest BCUT2D eigenvalue weighted by molar-refractivity contribution is -0.119. The largest absolute Gasteiger partial charge is 0.467 e. The summed E-state index contributed by atoms with van der Waals surface area (Å²) in [6.45, 7) is 0.475. The lowest BCUT2D eigenvalue weighted by Crippen LogP contribution is -2.29. The topological polar surface area (TPSA) is 67.2 Å². The van der Waals surface area contributed by atoms with Crippen molar-refractivity contribution in [3.8, 4) is 11.3 Å². The quantitative estimate of drug-likeness (QED) is 0.727. The van der Waals surface area contributed by atoms with Crippen molar-refractivity contribution in [1.82, 2.24) is 10.3 Å². The highest BCUT2D eigenvalue weighted by Crippen LogP contribution is 2.24. The van der Waals surface area contributed by atoms with Gasteiger partial charge in [-0.05, 0) is 36.4 Å². The van der Waals surface area contributed by atoms with E-state index in [0.29, 0.717) is 17.4 Å². The van der Waals surface area contributed by atoms with Crippen LogP contribution in [0.1, 0.15) is 5.76 Å². The van der Waals surface area contributed by atoms with Crippen LogP contribution in [0.5, 0.6) is 0 Å². The number of aromatic nitrogens is 1. The number of nitrogens with zero attached hydrogens (tertiary/aromatic N) is 1. The van der Waals surface area contributed by atoms with E-state index < -0.39 is 0 Å². The second-order valence-corrected chi connectivity index (χ2v) is 5.61. The molecule has 5 nitrogen and oxygen atoms in total. The molecule has 3 aromatic rings. The van der Waals surface area contributed by atoms with Gasteiger partial charge in [0.05, 0.1) is 25.0 Å². The van der Waals surface area contributed by atoms with Gasteiger partial charge in [-0.3, -0.25) is 4.79 Å². The minimum absolute atomic E-state index is 0.122. The number of carbonyl (C=O) groups excluding carboxylic acids is 1. The van der Waals surface area contributed by atoms with E-state index in [-0.39, 0.29) is 18.3 Å². The first-order valence-corrected chi connectivity index (χ1v) is 7.83. The molecule has 7 heteroatoms. The molecule has 0 unspecified atom stereocenters. The fraction of sp³-hybridized carbons (Fsp3) is 0.125. The predicted molar refractivity (Wildman–Crippen MR) is 86.6 cm³/mol. The molecule has 0 aliphatic carbocycles. The number of halogens is 1. The van der Waals surface area contributed by atoms with Crippen LogP contribution in [0.15, 0.2) is 52.5 Å². The maximum Gasteiger partial charge on any atom is 0.239 e. The molecule has 2 N–H and O–H groups in total. The standard InChI is InChI=1S/C16H14FN3O2S/c17-12-5-3-11(4-6-12)14-10-23-16(20-14)19-9-15(21)18-8-13-2-1-7-22-13/h1-7,10H,8-9H2,(H,18,21)(H,19,20). The van der Waals surface area contributed by atoms with Gasteiger partial charge in [-0.25, -0.2) is 9.37 Å². The van der Waals surface area contributed by atoms with Crippen LogP contribution in [0.3, 0.4) is 0 Å². The maximum atomic E-state index is 12.9. The van der Waals surface area contributed by atoms with Gasteiger partial charge in [-0.2, -0.15) is 0 Å². The Morgan fingerprint density at radius 3 is 2.83 bits per heavy atom. The summed E-state index contributed by atoms with van der Waals surface area (Å²) in [4.78, 5) is 16.1. The number of benzene rings is 1. The number of amides is 1. The SMILES string of the molecule is O=C(CNc1nc(-c2ccc(F)cc2)cs1)NCc1ccco1. The van der Waals surface area contributed by atoms with Crippen molar-refractivity contribution in [2.45, 2.75) is 6.54 Å². The van der Waals surface area contributed by atoms with Crippen molar-refractivity contribution in [2.75, 3.05) is 11.9 Å². The summed E-state index contributed by atoms with van der Waals surface area (Å²) in [5, 5.41) is 8.20. The maximum absolute atomic E-state index is 12.9. The number of carbonyl (C=O) groups is 1. The first-order chi connectivity index (χ1) is 11.2. The highest BCUT2D eigenvalue weighted by molar-refractivity contribution is 7.14. The summed E-state index contributed by atoms with van der Waals surface area (Å²) in [6, 6.07) is 9.69. The van der Waals surface area contributed by atoms with E-state index in [0.717, 1.165) is 11.3 Å². The molecule has 1 aromatic carbocycles. The van der Waals surface area contributed by atoms with Crippen LogP contribution in [0.2, 0.25) is 0 Å². The second-order valence-electron chi connectivity index (χ2n) is 4.75.